The van der Waals surface area contributed by atoms with Crippen LogP contribution >= 0.6 is 11.6 Å². The molecule has 2 heterocycles. The summed E-state index contributed by atoms with van der Waals surface area (Å²) in [4.78, 5) is 23.7. The van der Waals surface area contributed by atoms with E-state index in [1.807, 2.05) is 0 Å². The SMILES string of the molecule is O=C(O)[C@@H]1[C@H](C(=O)Nc2ccc(F)c(Cl)c2)[C@H]2CC[C@@H]1O2. The van der Waals surface area contributed by atoms with Gasteiger partial charge in [0.25, 0.3) is 0 Å². The van der Waals surface area contributed by atoms with Crippen molar-refractivity contribution >= 4 is 29.2 Å². The van der Waals surface area contributed by atoms with Crippen LogP contribution in [0, 0.1) is 17.7 Å². The number of aliphatic carboxylic acids is 1. The zero-order valence-corrected chi connectivity index (χ0v) is 11.6. The fraction of sp³-hybridized carbons (Fsp3) is 0.429. The number of hydrogen-bond acceptors (Lipinski definition) is 3. The van der Waals surface area contributed by atoms with E-state index in [4.69, 9.17) is 16.3 Å². The van der Waals surface area contributed by atoms with Crippen LogP contribution in [-0.2, 0) is 14.3 Å². The number of carboxylic acid groups (broad SMARTS) is 1. The van der Waals surface area contributed by atoms with Gasteiger partial charge in [0.15, 0.2) is 0 Å². The van der Waals surface area contributed by atoms with Crippen LogP contribution in [-0.4, -0.2) is 29.2 Å². The third kappa shape index (κ3) is 2.49. The summed E-state index contributed by atoms with van der Waals surface area (Å²) in [6, 6.07) is 3.81. The molecule has 0 radical (unpaired) electrons. The lowest BCUT2D eigenvalue weighted by molar-refractivity contribution is -0.147. The van der Waals surface area contributed by atoms with Crippen LogP contribution in [0.3, 0.4) is 0 Å². The molecule has 7 heteroatoms. The Morgan fingerprint density at radius 3 is 2.57 bits per heavy atom. The van der Waals surface area contributed by atoms with Crippen molar-refractivity contribution in [1.82, 2.24) is 0 Å². The highest BCUT2D eigenvalue weighted by Crippen LogP contribution is 2.44. The van der Waals surface area contributed by atoms with E-state index in [1.54, 1.807) is 0 Å². The molecule has 2 saturated heterocycles. The first-order valence-corrected chi connectivity index (χ1v) is 6.99. The van der Waals surface area contributed by atoms with E-state index in [0.29, 0.717) is 18.5 Å². The van der Waals surface area contributed by atoms with Gasteiger partial charge in [0.05, 0.1) is 29.1 Å². The number of carboxylic acids is 1. The number of amides is 1. The molecular formula is C14H13ClFNO4. The van der Waals surface area contributed by atoms with Crippen molar-refractivity contribution in [2.75, 3.05) is 5.32 Å². The minimum atomic E-state index is -1.03. The third-order valence-electron chi connectivity index (χ3n) is 4.05. The quantitative estimate of drug-likeness (QED) is 0.898. The van der Waals surface area contributed by atoms with E-state index in [1.165, 1.54) is 12.1 Å². The van der Waals surface area contributed by atoms with Gasteiger partial charge >= 0.3 is 5.97 Å². The van der Waals surface area contributed by atoms with Gasteiger partial charge in [-0.25, -0.2) is 4.39 Å². The molecule has 112 valence electrons. The Kier molecular flexibility index (Phi) is 3.59. The van der Waals surface area contributed by atoms with Crippen LogP contribution in [0.4, 0.5) is 10.1 Å². The maximum Gasteiger partial charge on any atom is 0.310 e. The van der Waals surface area contributed by atoms with Gasteiger partial charge in [-0.15, -0.1) is 0 Å². The molecule has 0 saturated carbocycles. The van der Waals surface area contributed by atoms with Gasteiger partial charge in [0.2, 0.25) is 5.91 Å². The minimum absolute atomic E-state index is 0.105. The van der Waals surface area contributed by atoms with Crippen molar-refractivity contribution < 1.29 is 23.8 Å². The molecular weight excluding hydrogens is 301 g/mol. The summed E-state index contributed by atoms with van der Waals surface area (Å²) in [5.74, 6) is -3.61. The summed E-state index contributed by atoms with van der Waals surface area (Å²) in [5.41, 5.74) is 0.332. The number of ether oxygens (including phenoxy) is 1. The fourth-order valence-corrected chi connectivity index (χ4v) is 3.30. The first-order chi connectivity index (χ1) is 9.97. The lowest BCUT2D eigenvalue weighted by Gasteiger charge is -2.23. The Bertz CT molecular complexity index is 609. The first-order valence-electron chi connectivity index (χ1n) is 6.61. The Morgan fingerprint density at radius 2 is 1.95 bits per heavy atom. The molecule has 3 rings (SSSR count). The Morgan fingerprint density at radius 1 is 1.29 bits per heavy atom. The average molecular weight is 314 g/mol. The number of carbonyl (C=O) groups is 2. The second-order valence-corrected chi connectivity index (χ2v) is 5.71. The molecule has 21 heavy (non-hydrogen) atoms. The van der Waals surface area contributed by atoms with Gasteiger partial charge < -0.3 is 15.2 Å². The molecule has 1 aromatic rings. The van der Waals surface area contributed by atoms with E-state index in [0.717, 1.165) is 6.07 Å². The zero-order chi connectivity index (χ0) is 15.1. The smallest absolute Gasteiger partial charge is 0.310 e. The number of anilines is 1. The average Bonchev–Trinajstić information content (AvgIpc) is 3.03. The van der Waals surface area contributed by atoms with E-state index < -0.39 is 35.6 Å². The van der Waals surface area contributed by atoms with Gasteiger partial charge in [-0.1, -0.05) is 11.6 Å². The second kappa shape index (κ2) is 5.27. The molecule has 4 atom stereocenters. The predicted octanol–water partition coefficient (Wildman–Crippen LogP) is 2.30. The van der Waals surface area contributed by atoms with Crippen LogP contribution in [0.15, 0.2) is 18.2 Å². The predicted molar refractivity (Wildman–Crippen MR) is 72.6 cm³/mol. The number of rotatable bonds is 3. The summed E-state index contributed by atoms with van der Waals surface area (Å²) in [6.45, 7) is 0. The lowest BCUT2D eigenvalue weighted by Crippen LogP contribution is -2.40. The van der Waals surface area contributed by atoms with Gasteiger partial charge in [-0.2, -0.15) is 0 Å². The Labute approximate surface area is 125 Å². The molecule has 5 nitrogen and oxygen atoms in total. The van der Waals surface area contributed by atoms with Crippen molar-refractivity contribution in [2.45, 2.75) is 25.0 Å². The van der Waals surface area contributed by atoms with Crippen molar-refractivity contribution in [3.63, 3.8) is 0 Å². The number of nitrogens with one attached hydrogen (secondary N) is 1. The standard InChI is InChI=1S/C14H13ClFNO4/c15-7-5-6(1-2-8(7)16)17-13(18)11-9-3-4-10(21-9)12(11)14(19)20/h1-2,5,9-12H,3-4H2,(H,17,18)(H,19,20)/t9-,10+,11-,12+/m1/s1. The van der Waals surface area contributed by atoms with Gasteiger partial charge in [0.1, 0.15) is 5.82 Å². The largest absolute Gasteiger partial charge is 0.481 e. The van der Waals surface area contributed by atoms with Gasteiger partial charge in [-0.05, 0) is 31.0 Å². The second-order valence-electron chi connectivity index (χ2n) is 5.30. The third-order valence-corrected chi connectivity index (χ3v) is 4.34. The van der Waals surface area contributed by atoms with E-state index >= 15 is 0 Å². The monoisotopic (exact) mass is 313 g/mol. The summed E-state index contributed by atoms with van der Waals surface area (Å²) >= 11 is 5.65. The van der Waals surface area contributed by atoms with Crippen LogP contribution in [0.25, 0.3) is 0 Å². The molecule has 2 aliphatic heterocycles. The molecule has 2 aliphatic rings. The number of fused-ring (bicyclic) bond motifs is 2. The van der Waals surface area contributed by atoms with Crippen LogP contribution in [0.1, 0.15) is 12.8 Å². The number of benzene rings is 1. The van der Waals surface area contributed by atoms with Crippen molar-refractivity contribution in [1.29, 1.82) is 0 Å². The normalized spacial score (nSPS) is 30.4. The highest BCUT2D eigenvalue weighted by Gasteiger charge is 2.55. The van der Waals surface area contributed by atoms with Crippen LogP contribution in [0.2, 0.25) is 5.02 Å². The van der Waals surface area contributed by atoms with Crippen molar-refractivity contribution in [3.05, 3.63) is 29.0 Å². The fourth-order valence-electron chi connectivity index (χ4n) is 3.12. The molecule has 2 fully saturated rings. The lowest BCUT2D eigenvalue weighted by atomic mass is 9.78. The summed E-state index contributed by atoms with van der Waals surface area (Å²) in [6.07, 6.45) is 0.567. The number of halogens is 2. The van der Waals surface area contributed by atoms with E-state index in [2.05, 4.69) is 5.32 Å². The molecule has 1 amide bonds. The summed E-state index contributed by atoms with van der Waals surface area (Å²) in [7, 11) is 0. The molecule has 0 aliphatic carbocycles. The molecule has 0 spiro atoms. The van der Waals surface area contributed by atoms with Crippen LogP contribution < -0.4 is 5.32 Å². The number of hydrogen-bond donors (Lipinski definition) is 2. The van der Waals surface area contributed by atoms with Crippen molar-refractivity contribution in [3.8, 4) is 0 Å². The zero-order valence-electron chi connectivity index (χ0n) is 10.9. The first kappa shape index (κ1) is 14.3. The highest BCUT2D eigenvalue weighted by molar-refractivity contribution is 6.31. The molecule has 0 unspecified atom stereocenters. The van der Waals surface area contributed by atoms with Gasteiger partial charge in [0, 0.05) is 5.69 Å². The molecule has 2 bridgehead atoms. The molecule has 2 N–H and O–H groups in total. The van der Waals surface area contributed by atoms with Crippen LogP contribution in [0.5, 0.6) is 0 Å². The topological polar surface area (TPSA) is 75.6 Å². The molecule has 0 aromatic heterocycles. The number of carbonyl (C=O) groups excluding carboxylic acids is 1. The summed E-state index contributed by atoms with van der Waals surface area (Å²) < 4.78 is 18.6. The van der Waals surface area contributed by atoms with Crippen molar-refractivity contribution in [2.24, 2.45) is 11.8 Å². The Balaban J connectivity index is 1.78. The van der Waals surface area contributed by atoms with E-state index in [9.17, 15) is 19.1 Å². The summed E-state index contributed by atoms with van der Waals surface area (Å²) in [5, 5.41) is 11.8. The maximum atomic E-state index is 13.1. The molecule has 1 aromatic carbocycles. The highest BCUT2D eigenvalue weighted by atomic mass is 35.5. The minimum Gasteiger partial charge on any atom is -0.481 e. The van der Waals surface area contributed by atoms with Gasteiger partial charge in [-0.3, -0.25) is 9.59 Å². The van der Waals surface area contributed by atoms with E-state index in [-0.39, 0.29) is 11.1 Å². The Hall–Kier alpha value is -1.66. The maximum absolute atomic E-state index is 13.1.